The summed E-state index contributed by atoms with van der Waals surface area (Å²) >= 11 is 0. The van der Waals surface area contributed by atoms with Crippen LogP contribution in [0.5, 0.6) is 0 Å². The van der Waals surface area contributed by atoms with Gasteiger partial charge in [0.1, 0.15) is 6.79 Å². The van der Waals surface area contributed by atoms with Crippen LogP contribution in [-0.2, 0) is 9.39 Å². The standard InChI is InChI=1S/C2H4BO2/c1-3-5-2-4-1/h1-2H2. The normalized spacial score (nSPS) is 22.4. The highest BCUT2D eigenvalue weighted by molar-refractivity contribution is 6.27. The maximum absolute atomic E-state index is 4.67. The van der Waals surface area contributed by atoms with Crippen LogP contribution in [0.3, 0.4) is 0 Å². The molecular formula is C2H4BO2. The topological polar surface area (TPSA) is 18.5 Å². The zero-order chi connectivity index (χ0) is 3.54. The molecule has 1 saturated heterocycles. The van der Waals surface area contributed by atoms with Gasteiger partial charge in [-0.1, -0.05) is 0 Å². The van der Waals surface area contributed by atoms with Gasteiger partial charge in [0.05, 0.1) is 6.51 Å². The van der Waals surface area contributed by atoms with E-state index in [0.29, 0.717) is 13.3 Å². The average molecular weight is 70.9 g/mol. The van der Waals surface area contributed by atoms with Crippen molar-refractivity contribution in [1.29, 1.82) is 0 Å². The van der Waals surface area contributed by atoms with E-state index in [2.05, 4.69) is 9.39 Å². The minimum Gasteiger partial charge on any atom is -0.417 e. The molecule has 1 fully saturated rings. The summed E-state index contributed by atoms with van der Waals surface area (Å²) in [7, 11) is 1.64. The van der Waals surface area contributed by atoms with Gasteiger partial charge in [0.2, 0.25) is 0 Å². The lowest BCUT2D eigenvalue weighted by molar-refractivity contribution is 0.0916. The number of ether oxygens (including phenoxy) is 1. The first-order valence-electron chi connectivity index (χ1n) is 1.51. The Hall–Kier alpha value is -0.0151. The van der Waals surface area contributed by atoms with Gasteiger partial charge < -0.3 is 9.39 Å². The average Bonchev–Trinajstić information content (AvgIpc) is 1.76. The monoisotopic (exact) mass is 71.0 g/mol. The molecule has 0 saturated carbocycles. The molecule has 0 aromatic heterocycles. The molecule has 1 radical (unpaired) electrons. The molecule has 1 aliphatic heterocycles. The lowest BCUT2D eigenvalue weighted by atomic mass is 10.1. The van der Waals surface area contributed by atoms with Gasteiger partial charge >= 0.3 is 7.48 Å². The zero-order valence-corrected chi connectivity index (χ0v) is 2.81. The number of hydrogen-bond donors (Lipinski definition) is 0. The van der Waals surface area contributed by atoms with Crippen LogP contribution in [0.2, 0.25) is 0 Å². The molecule has 1 aliphatic rings. The highest BCUT2D eigenvalue weighted by Crippen LogP contribution is 1.82. The van der Waals surface area contributed by atoms with E-state index in [4.69, 9.17) is 0 Å². The van der Waals surface area contributed by atoms with E-state index in [1.54, 1.807) is 7.48 Å². The predicted octanol–water partition coefficient (Wildman–Crippen LogP) is -0.433. The molecule has 0 unspecified atom stereocenters. The predicted molar refractivity (Wildman–Crippen MR) is 17.7 cm³/mol. The van der Waals surface area contributed by atoms with Crippen LogP contribution in [-0.4, -0.2) is 20.8 Å². The summed E-state index contributed by atoms with van der Waals surface area (Å²) < 4.78 is 9.26. The highest BCUT2D eigenvalue weighted by Gasteiger charge is 1.98. The third kappa shape index (κ3) is 0.632. The fourth-order valence-corrected chi connectivity index (χ4v) is 0.241. The Morgan fingerprint density at radius 2 is 2.60 bits per heavy atom. The Bertz CT molecular complexity index is 19.2. The van der Waals surface area contributed by atoms with E-state index in [9.17, 15) is 0 Å². The maximum Gasteiger partial charge on any atom is 0.323 e. The lowest BCUT2D eigenvalue weighted by Crippen LogP contribution is -1.86. The third-order valence-corrected chi connectivity index (χ3v) is 0.455. The lowest BCUT2D eigenvalue weighted by Gasteiger charge is -1.78. The van der Waals surface area contributed by atoms with E-state index >= 15 is 0 Å². The molecule has 0 aliphatic carbocycles. The van der Waals surface area contributed by atoms with Gasteiger partial charge in [-0.25, -0.2) is 0 Å². The molecule has 0 N–H and O–H groups in total. The second-order valence-corrected chi connectivity index (χ2v) is 0.822. The van der Waals surface area contributed by atoms with E-state index < -0.39 is 0 Å². The molecular weight excluding hydrogens is 66.8 g/mol. The van der Waals surface area contributed by atoms with Crippen LogP contribution in [0.4, 0.5) is 0 Å². The first kappa shape index (κ1) is 3.19. The van der Waals surface area contributed by atoms with Gasteiger partial charge in [0, 0.05) is 0 Å². The fraction of sp³-hybridized carbons (Fsp3) is 1.00. The molecule has 1 heterocycles. The molecule has 0 aromatic carbocycles. The summed E-state index contributed by atoms with van der Waals surface area (Å²) in [5.41, 5.74) is 0. The van der Waals surface area contributed by atoms with E-state index in [0.717, 1.165) is 0 Å². The van der Waals surface area contributed by atoms with Crippen molar-refractivity contribution in [2.24, 2.45) is 0 Å². The van der Waals surface area contributed by atoms with Crippen molar-refractivity contribution in [1.82, 2.24) is 0 Å². The molecule has 3 heteroatoms. The Labute approximate surface area is 31.3 Å². The molecule has 2 nitrogen and oxygen atoms in total. The maximum atomic E-state index is 4.67. The summed E-state index contributed by atoms with van der Waals surface area (Å²) in [5.74, 6) is 0. The Balaban J connectivity index is 2.08. The zero-order valence-electron chi connectivity index (χ0n) is 2.81. The third-order valence-electron chi connectivity index (χ3n) is 0.455. The van der Waals surface area contributed by atoms with Gasteiger partial charge in [0.25, 0.3) is 0 Å². The molecule has 0 atom stereocenters. The van der Waals surface area contributed by atoms with Crippen LogP contribution >= 0.6 is 0 Å². The molecule has 0 spiro atoms. The summed E-state index contributed by atoms with van der Waals surface area (Å²) in [6.45, 7) is 1.10. The summed E-state index contributed by atoms with van der Waals surface area (Å²) in [6.07, 6.45) is 0. The molecule has 0 amide bonds. The van der Waals surface area contributed by atoms with E-state index in [-0.39, 0.29) is 0 Å². The van der Waals surface area contributed by atoms with Crippen LogP contribution in [0.1, 0.15) is 0 Å². The van der Waals surface area contributed by atoms with Gasteiger partial charge in [0.15, 0.2) is 0 Å². The van der Waals surface area contributed by atoms with Crippen molar-refractivity contribution in [2.75, 3.05) is 13.3 Å². The molecule has 1 rings (SSSR count). The van der Waals surface area contributed by atoms with Crippen LogP contribution < -0.4 is 0 Å². The van der Waals surface area contributed by atoms with Crippen molar-refractivity contribution < 1.29 is 9.39 Å². The SMILES string of the molecule is [B]1COCO1. The van der Waals surface area contributed by atoms with Crippen molar-refractivity contribution in [2.45, 2.75) is 0 Å². The number of hydrogen-bond acceptors (Lipinski definition) is 2. The van der Waals surface area contributed by atoms with Gasteiger partial charge in [-0.05, 0) is 0 Å². The number of rotatable bonds is 0. The molecule has 0 bridgehead atoms. The van der Waals surface area contributed by atoms with Crippen molar-refractivity contribution in [3.8, 4) is 0 Å². The van der Waals surface area contributed by atoms with Crippen LogP contribution in [0.15, 0.2) is 0 Å². The van der Waals surface area contributed by atoms with Crippen molar-refractivity contribution >= 4 is 7.48 Å². The Morgan fingerprint density at radius 3 is 2.80 bits per heavy atom. The smallest absolute Gasteiger partial charge is 0.323 e. The molecule has 5 heavy (non-hydrogen) atoms. The van der Waals surface area contributed by atoms with E-state index in [1.807, 2.05) is 0 Å². The second kappa shape index (κ2) is 1.43. The first-order chi connectivity index (χ1) is 2.50. The minimum absolute atomic E-state index is 0.444. The first-order valence-corrected chi connectivity index (χ1v) is 1.51. The quantitative estimate of drug-likeness (QED) is 0.360. The van der Waals surface area contributed by atoms with Crippen molar-refractivity contribution in [3.63, 3.8) is 0 Å². The van der Waals surface area contributed by atoms with Crippen LogP contribution in [0.25, 0.3) is 0 Å². The summed E-state index contributed by atoms with van der Waals surface area (Å²) in [6, 6.07) is 0. The van der Waals surface area contributed by atoms with Gasteiger partial charge in [-0.3, -0.25) is 0 Å². The Morgan fingerprint density at radius 1 is 1.60 bits per heavy atom. The second-order valence-electron chi connectivity index (χ2n) is 0.822. The minimum atomic E-state index is 0.444. The van der Waals surface area contributed by atoms with Crippen LogP contribution in [0, 0.1) is 0 Å². The van der Waals surface area contributed by atoms with Crippen molar-refractivity contribution in [3.05, 3.63) is 0 Å². The summed E-state index contributed by atoms with van der Waals surface area (Å²) in [4.78, 5) is 0. The highest BCUT2D eigenvalue weighted by atomic mass is 16.7. The van der Waals surface area contributed by atoms with Gasteiger partial charge in [-0.2, -0.15) is 0 Å². The van der Waals surface area contributed by atoms with Gasteiger partial charge in [-0.15, -0.1) is 0 Å². The largest absolute Gasteiger partial charge is 0.417 e. The molecule has 0 aromatic rings. The Kier molecular flexibility index (Phi) is 0.910. The van der Waals surface area contributed by atoms with E-state index in [1.165, 1.54) is 0 Å². The molecule has 27 valence electrons. The fourth-order valence-electron chi connectivity index (χ4n) is 0.241. The summed E-state index contributed by atoms with van der Waals surface area (Å²) in [5, 5.41) is 0.